The number of furan rings is 1. The zero-order valence-corrected chi connectivity index (χ0v) is 25.2. The lowest BCUT2D eigenvalue weighted by atomic mass is 10.0. The molecule has 0 fully saturated rings. The Hall–Kier alpha value is -6.57. The average Bonchev–Trinajstić information content (AvgIpc) is 3.77. The SMILES string of the molecule is N#Cc1ccc2c(c1)c1ccccc1n2-c1ccccc1-c1ccccc1-n1c2ccccc2c2cc3oc4ccccc4c3cc21. The van der Waals surface area contributed by atoms with Gasteiger partial charge in [0.05, 0.1) is 45.1 Å². The molecule has 3 heterocycles. The quantitative estimate of drug-likeness (QED) is 0.203. The molecule has 7 aromatic carbocycles. The molecule has 218 valence electrons. The third-order valence-corrected chi connectivity index (χ3v) is 9.55. The van der Waals surface area contributed by atoms with E-state index in [-0.39, 0.29) is 0 Å². The van der Waals surface area contributed by atoms with Gasteiger partial charge in [0.1, 0.15) is 11.2 Å². The molecular weight excluding hydrogens is 574 g/mol. The first-order valence-electron chi connectivity index (χ1n) is 15.8. The third-order valence-electron chi connectivity index (χ3n) is 9.55. The molecule has 0 atom stereocenters. The van der Waals surface area contributed by atoms with Crippen LogP contribution in [0.25, 0.3) is 88.1 Å². The standard InChI is InChI=1S/C43H25N3O/c44-26-27-21-22-40-33(23-27)30-13-3-8-18-38(30)45(40)36-16-6-1-11-28(36)29-12-2-7-17-37(29)46-39-19-9-4-14-31(39)34-25-43-35(24-41(34)46)32-15-5-10-20-42(32)47-43/h1-25H. The lowest BCUT2D eigenvalue weighted by molar-refractivity contribution is 0.669. The highest BCUT2D eigenvalue weighted by Gasteiger charge is 2.21. The van der Waals surface area contributed by atoms with Crippen molar-refractivity contribution >= 4 is 65.6 Å². The predicted molar refractivity (Wildman–Crippen MR) is 193 cm³/mol. The van der Waals surface area contributed by atoms with E-state index in [2.05, 4.69) is 143 Å². The Balaban J connectivity index is 1.29. The number of rotatable bonds is 3. The average molecular weight is 600 g/mol. The van der Waals surface area contributed by atoms with Gasteiger partial charge in [-0.05, 0) is 60.7 Å². The van der Waals surface area contributed by atoms with Crippen molar-refractivity contribution in [3.63, 3.8) is 0 Å². The highest BCUT2D eigenvalue weighted by Crippen LogP contribution is 2.42. The van der Waals surface area contributed by atoms with E-state index in [9.17, 15) is 5.26 Å². The zero-order valence-electron chi connectivity index (χ0n) is 25.2. The molecule has 3 aromatic heterocycles. The minimum atomic E-state index is 0.657. The van der Waals surface area contributed by atoms with Gasteiger partial charge in [-0.3, -0.25) is 0 Å². The van der Waals surface area contributed by atoms with Gasteiger partial charge in [-0.1, -0.05) is 91.0 Å². The lowest BCUT2D eigenvalue weighted by Crippen LogP contribution is -2.01. The Morgan fingerprint density at radius 2 is 0.936 bits per heavy atom. The number of aromatic nitrogens is 2. The lowest BCUT2D eigenvalue weighted by Gasteiger charge is -2.18. The molecule has 10 aromatic rings. The molecular formula is C43H25N3O. The Bertz CT molecular complexity index is 2930. The van der Waals surface area contributed by atoms with Crippen molar-refractivity contribution in [2.75, 3.05) is 0 Å². The smallest absolute Gasteiger partial charge is 0.136 e. The van der Waals surface area contributed by atoms with Crippen LogP contribution in [0.3, 0.4) is 0 Å². The van der Waals surface area contributed by atoms with E-state index < -0.39 is 0 Å². The Kier molecular flexibility index (Phi) is 5.32. The van der Waals surface area contributed by atoms with Crippen molar-refractivity contribution in [2.24, 2.45) is 0 Å². The van der Waals surface area contributed by atoms with Crippen LogP contribution in [0.1, 0.15) is 5.56 Å². The Labute approximate surface area is 269 Å². The van der Waals surface area contributed by atoms with E-state index in [1.807, 2.05) is 24.3 Å². The van der Waals surface area contributed by atoms with Gasteiger partial charge in [0.2, 0.25) is 0 Å². The van der Waals surface area contributed by atoms with E-state index >= 15 is 0 Å². The van der Waals surface area contributed by atoms with Gasteiger partial charge in [-0.2, -0.15) is 5.26 Å². The molecule has 0 saturated heterocycles. The summed E-state index contributed by atoms with van der Waals surface area (Å²) in [6.07, 6.45) is 0. The first-order chi connectivity index (χ1) is 23.3. The topological polar surface area (TPSA) is 46.8 Å². The first-order valence-corrected chi connectivity index (χ1v) is 15.8. The molecule has 10 rings (SSSR count). The second kappa shape index (κ2) is 9.71. The largest absolute Gasteiger partial charge is 0.456 e. The van der Waals surface area contributed by atoms with Crippen LogP contribution in [-0.2, 0) is 0 Å². The molecule has 0 N–H and O–H groups in total. The number of nitriles is 1. The van der Waals surface area contributed by atoms with Crippen molar-refractivity contribution < 1.29 is 4.42 Å². The maximum atomic E-state index is 9.69. The summed E-state index contributed by atoms with van der Waals surface area (Å²) in [6.45, 7) is 0. The molecule has 0 radical (unpaired) electrons. The van der Waals surface area contributed by atoms with Crippen LogP contribution < -0.4 is 0 Å². The molecule has 0 aliphatic rings. The summed E-state index contributed by atoms with van der Waals surface area (Å²) in [5.41, 5.74) is 11.3. The first kappa shape index (κ1) is 25.7. The van der Waals surface area contributed by atoms with Crippen LogP contribution in [0.5, 0.6) is 0 Å². The number of hydrogen-bond donors (Lipinski definition) is 0. The van der Waals surface area contributed by atoms with Crippen LogP contribution in [0, 0.1) is 11.3 Å². The summed E-state index contributed by atoms with van der Waals surface area (Å²) >= 11 is 0. The number of benzene rings is 7. The second-order valence-electron chi connectivity index (χ2n) is 12.0. The third kappa shape index (κ3) is 3.63. The van der Waals surface area contributed by atoms with Crippen LogP contribution in [-0.4, -0.2) is 9.13 Å². The van der Waals surface area contributed by atoms with Crippen molar-refractivity contribution in [2.45, 2.75) is 0 Å². The van der Waals surface area contributed by atoms with Gasteiger partial charge in [0.25, 0.3) is 0 Å². The van der Waals surface area contributed by atoms with Gasteiger partial charge in [0, 0.05) is 43.4 Å². The summed E-state index contributed by atoms with van der Waals surface area (Å²) in [7, 11) is 0. The molecule has 0 aliphatic carbocycles. The van der Waals surface area contributed by atoms with Crippen molar-refractivity contribution in [3.8, 4) is 28.6 Å². The Morgan fingerprint density at radius 1 is 0.404 bits per heavy atom. The van der Waals surface area contributed by atoms with Crippen LogP contribution in [0.15, 0.2) is 156 Å². The minimum absolute atomic E-state index is 0.657. The van der Waals surface area contributed by atoms with E-state index in [0.29, 0.717) is 5.56 Å². The number of nitrogens with zero attached hydrogens (tertiary/aromatic N) is 3. The fourth-order valence-corrected chi connectivity index (χ4v) is 7.54. The van der Waals surface area contributed by atoms with Gasteiger partial charge < -0.3 is 13.6 Å². The molecule has 0 saturated carbocycles. The van der Waals surface area contributed by atoms with Gasteiger partial charge in [-0.25, -0.2) is 0 Å². The molecule has 4 nitrogen and oxygen atoms in total. The van der Waals surface area contributed by atoms with Crippen LogP contribution >= 0.6 is 0 Å². The Morgan fingerprint density at radius 3 is 1.62 bits per heavy atom. The maximum Gasteiger partial charge on any atom is 0.136 e. The summed E-state index contributed by atoms with van der Waals surface area (Å²) in [4.78, 5) is 0. The van der Waals surface area contributed by atoms with Gasteiger partial charge in [0.15, 0.2) is 0 Å². The van der Waals surface area contributed by atoms with E-state index in [1.54, 1.807) is 0 Å². The van der Waals surface area contributed by atoms with E-state index in [4.69, 9.17) is 4.42 Å². The van der Waals surface area contributed by atoms with Crippen LogP contribution in [0.2, 0.25) is 0 Å². The van der Waals surface area contributed by atoms with Gasteiger partial charge >= 0.3 is 0 Å². The summed E-state index contributed by atoms with van der Waals surface area (Å²) in [5, 5.41) is 16.5. The molecule has 0 amide bonds. The van der Waals surface area contributed by atoms with Crippen molar-refractivity contribution in [1.29, 1.82) is 5.26 Å². The molecule has 4 heteroatoms. The molecule has 0 spiro atoms. The number of fused-ring (bicyclic) bond motifs is 9. The zero-order chi connectivity index (χ0) is 31.1. The second-order valence-corrected chi connectivity index (χ2v) is 12.0. The van der Waals surface area contributed by atoms with Crippen molar-refractivity contribution in [1.82, 2.24) is 9.13 Å². The maximum absolute atomic E-state index is 9.69. The summed E-state index contributed by atoms with van der Waals surface area (Å²) in [5.74, 6) is 0. The minimum Gasteiger partial charge on any atom is -0.456 e. The van der Waals surface area contributed by atoms with Gasteiger partial charge in [-0.15, -0.1) is 0 Å². The normalized spacial score (nSPS) is 11.8. The highest BCUT2D eigenvalue weighted by molar-refractivity contribution is 6.17. The monoisotopic (exact) mass is 599 g/mol. The fourth-order valence-electron chi connectivity index (χ4n) is 7.54. The molecule has 0 unspecified atom stereocenters. The highest BCUT2D eigenvalue weighted by atomic mass is 16.3. The van der Waals surface area contributed by atoms with E-state index in [0.717, 1.165) is 82.7 Å². The fraction of sp³-hybridized carbons (Fsp3) is 0. The van der Waals surface area contributed by atoms with Crippen LogP contribution in [0.4, 0.5) is 0 Å². The summed E-state index contributed by atoms with van der Waals surface area (Å²) in [6, 6.07) is 55.5. The van der Waals surface area contributed by atoms with E-state index in [1.165, 1.54) is 5.39 Å². The number of para-hydroxylation sites is 5. The predicted octanol–water partition coefficient (Wildman–Crippen LogP) is 11.3. The molecule has 47 heavy (non-hydrogen) atoms. The number of hydrogen-bond acceptors (Lipinski definition) is 2. The molecule has 0 bridgehead atoms. The van der Waals surface area contributed by atoms with Crippen molar-refractivity contribution in [3.05, 3.63) is 157 Å². The summed E-state index contributed by atoms with van der Waals surface area (Å²) < 4.78 is 11.1. The molecule has 0 aliphatic heterocycles.